The molecule has 140 valence electrons. The van der Waals surface area contributed by atoms with Gasteiger partial charge in [-0.1, -0.05) is 29.3 Å². The Hall–Kier alpha value is -2.24. The molecular formula is C20H19Cl2N3O2. The Balaban J connectivity index is 1.48. The molecule has 1 fully saturated rings. The average Bonchev–Trinajstić information content (AvgIpc) is 3.25. The highest BCUT2D eigenvalue weighted by molar-refractivity contribution is 6.39. The average molecular weight is 404 g/mol. The first kappa shape index (κ1) is 18.1. The van der Waals surface area contributed by atoms with Gasteiger partial charge in [-0.05, 0) is 54.7 Å². The number of hydrogen-bond acceptors (Lipinski definition) is 3. The van der Waals surface area contributed by atoms with Crippen molar-refractivity contribution in [2.45, 2.75) is 25.7 Å². The Labute approximate surface area is 167 Å². The van der Waals surface area contributed by atoms with Crippen molar-refractivity contribution in [2.24, 2.45) is 5.92 Å². The fourth-order valence-electron chi connectivity index (χ4n) is 3.76. The zero-order valence-electron chi connectivity index (χ0n) is 14.6. The van der Waals surface area contributed by atoms with Gasteiger partial charge in [0, 0.05) is 24.3 Å². The molecule has 2 amide bonds. The van der Waals surface area contributed by atoms with Crippen molar-refractivity contribution < 1.29 is 9.59 Å². The maximum absolute atomic E-state index is 12.6. The fraction of sp³-hybridized carbons (Fsp3) is 0.300. The third-order valence-corrected chi connectivity index (χ3v) is 5.86. The number of nitrogens with zero attached hydrogens (tertiary/aromatic N) is 1. The Kier molecular flexibility index (Phi) is 4.74. The molecule has 5 nitrogen and oxygen atoms in total. The number of carbonyl (C=O) groups is 2. The number of rotatable bonds is 3. The first-order valence-electron chi connectivity index (χ1n) is 8.90. The van der Waals surface area contributed by atoms with Crippen LogP contribution in [-0.2, 0) is 22.4 Å². The van der Waals surface area contributed by atoms with Crippen LogP contribution in [0.3, 0.4) is 0 Å². The van der Waals surface area contributed by atoms with E-state index in [1.807, 2.05) is 6.07 Å². The number of hydrogen-bond donors (Lipinski definition) is 2. The van der Waals surface area contributed by atoms with Crippen LogP contribution in [-0.4, -0.2) is 18.4 Å². The Bertz CT molecular complexity index is 922. The van der Waals surface area contributed by atoms with Crippen LogP contribution in [0.25, 0.3) is 0 Å². The summed E-state index contributed by atoms with van der Waals surface area (Å²) in [7, 11) is 0. The van der Waals surface area contributed by atoms with E-state index in [1.165, 1.54) is 11.1 Å². The van der Waals surface area contributed by atoms with E-state index in [9.17, 15) is 9.59 Å². The van der Waals surface area contributed by atoms with E-state index >= 15 is 0 Å². The van der Waals surface area contributed by atoms with Gasteiger partial charge in [0.1, 0.15) is 0 Å². The van der Waals surface area contributed by atoms with Crippen LogP contribution >= 0.6 is 23.2 Å². The van der Waals surface area contributed by atoms with Crippen molar-refractivity contribution in [1.82, 2.24) is 0 Å². The van der Waals surface area contributed by atoms with Crippen molar-refractivity contribution in [1.29, 1.82) is 0 Å². The number of halogens is 2. The fourth-order valence-corrected chi connectivity index (χ4v) is 4.25. The molecule has 2 aromatic carbocycles. The minimum Gasteiger partial charge on any atom is -0.396 e. The van der Waals surface area contributed by atoms with E-state index in [0.717, 1.165) is 24.9 Å². The van der Waals surface area contributed by atoms with Gasteiger partial charge in [-0.2, -0.15) is 0 Å². The lowest BCUT2D eigenvalue weighted by molar-refractivity contribution is -0.122. The van der Waals surface area contributed by atoms with Crippen molar-refractivity contribution in [2.75, 3.05) is 22.5 Å². The maximum Gasteiger partial charge on any atom is 0.229 e. The van der Waals surface area contributed by atoms with Gasteiger partial charge in [0.15, 0.2) is 0 Å². The first-order valence-corrected chi connectivity index (χ1v) is 9.65. The van der Waals surface area contributed by atoms with Crippen LogP contribution in [0.5, 0.6) is 0 Å². The van der Waals surface area contributed by atoms with E-state index in [0.29, 0.717) is 12.2 Å². The van der Waals surface area contributed by atoms with Crippen molar-refractivity contribution in [3.05, 3.63) is 51.5 Å². The van der Waals surface area contributed by atoms with E-state index in [1.54, 1.807) is 17.0 Å². The van der Waals surface area contributed by atoms with Crippen LogP contribution in [0, 0.1) is 5.92 Å². The Morgan fingerprint density at radius 2 is 1.81 bits per heavy atom. The van der Waals surface area contributed by atoms with E-state index in [4.69, 9.17) is 28.9 Å². The number of benzene rings is 2. The van der Waals surface area contributed by atoms with E-state index < -0.39 is 5.92 Å². The summed E-state index contributed by atoms with van der Waals surface area (Å²) in [5, 5.41) is 3.34. The van der Waals surface area contributed by atoms with Gasteiger partial charge in [0.25, 0.3) is 0 Å². The highest BCUT2D eigenvalue weighted by Crippen LogP contribution is 2.33. The topological polar surface area (TPSA) is 75.4 Å². The number of carbonyl (C=O) groups excluding carboxylic acids is 2. The molecule has 1 heterocycles. The second kappa shape index (κ2) is 7.06. The molecule has 2 aromatic rings. The number of nitrogen functional groups attached to an aromatic ring is 1. The number of nitrogens with two attached hydrogens (primary N) is 1. The van der Waals surface area contributed by atoms with Crippen LogP contribution < -0.4 is 16.0 Å². The molecule has 0 unspecified atom stereocenters. The van der Waals surface area contributed by atoms with Crippen LogP contribution in [0.2, 0.25) is 10.0 Å². The lowest BCUT2D eigenvalue weighted by Crippen LogP contribution is -2.28. The van der Waals surface area contributed by atoms with Gasteiger partial charge in [0.05, 0.1) is 21.7 Å². The van der Waals surface area contributed by atoms with Gasteiger partial charge in [-0.3, -0.25) is 9.59 Å². The minimum absolute atomic E-state index is 0.0403. The highest BCUT2D eigenvalue weighted by Gasteiger charge is 2.35. The predicted molar refractivity (Wildman–Crippen MR) is 108 cm³/mol. The van der Waals surface area contributed by atoms with E-state index in [-0.39, 0.29) is 34.0 Å². The van der Waals surface area contributed by atoms with Crippen LogP contribution in [0.4, 0.5) is 17.1 Å². The molecule has 27 heavy (non-hydrogen) atoms. The highest BCUT2D eigenvalue weighted by atomic mass is 35.5. The van der Waals surface area contributed by atoms with Gasteiger partial charge in [-0.25, -0.2) is 0 Å². The van der Waals surface area contributed by atoms with Crippen LogP contribution in [0.15, 0.2) is 30.3 Å². The zero-order valence-corrected chi connectivity index (χ0v) is 16.1. The quantitative estimate of drug-likeness (QED) is 0.758. The van der Waals surface area contributed by atoms with Crippen molar-refractivity contribution >= 4 is 52.1 Å². The molecule has 1 saturated heterocycles. The third-order valence-electron chi connectivity index (χ3n) is 5.24. The molecule has 0 saturated carbocycles. The molecule has 1 aliphatic carbocycles. The Morgan fingerprint density at radius 1 is 1.11 bits per heavy atom. The number of nitrogens with one attached hydrogen (secondary N) is 1. The molecule has 0 radical (unpaired) electrons. The van der Waals surface area contributed by atoms with Crippen LogP contribution in [0.1, 0.15) is 24.0 Å². The standard InChI is InChI=1S/C20H19Cl2N3O2/c21-16-8-14(9-17(22)19(16)23)24-20(27)13-7-18(26)25(10-13)15-5-4-11-2-1-3-12(11)6-15/h4-6,8-9,13H,1-3,7,10,23H2,(H,24,27)/t13-/m0/s1. The zero-order chi connectivity index (χ0) is 19.1. The summed E-state index contributed by atoms with van der Waals surface area (Å²) in [6.45, 7) is 0.361. The number of fused-ring (bicyclic) bond motifs is 1. The second-order valence-corrected chi connectivity index (χ2v) is 7.87. The molecule has 4 rings (SSSR count). The third kappa shape index (κ3) is 3.49. The minimum atomic E-state index is -0.430. The smallest absolute Gasteiger partial charge is 0.229 e. The normalized spacial score (nSPS) is 18.7. The molecule has 3 N–H and O–H groups in total. The van der Waals surface area contributed by atoms with Gasteiger partial charge < -0.3 is 16.0 Å². The predicted octanol–water partition coefficient (Wildman–Crippen LogP) is 4.06. The SMILES string of the molecule is Nc1c(Cl)cc(NC(=O)[C@H]2CC(=O)N(c3ccc4c(c3)CCC4)C2)cc1Cl. The summed E-state index contributed by atoms with van der Waals surface area (Å²) in [6, 6.07) is 9.25. The number of amides is 2. The first-order chi connectivity index (χ1) is 12.9. The summed E-state index contributed by atoms with van der Waals surface area (Å²) >= 11 is 12.0. The summed E-state index contributed by atoms with van der Waals surface area (Å²) in [5.41, 5.74) is 9.99. The van der Waals surface area contributed by atoms with Gasteiger partial charge >= 0.3 is 0 Å². The Morgan fingerprint density at radius 3 is 2.56 bits per heavy atom. The molecule has 0 bridgehead atoms. The number of aryl methyl sites for hydroxylation is 2. The molecule has 2 aliphatic rings. The summed E-state index contributed by atoms with van der Waals surface area (Å²) in [4.78, 5) is 26.8. The van der Waals surface area contributed by atoms with Crippen molar-refractivity contribution in [3.8, 4) is 0 Å². The van der Waals surface area contributed by atoms with Gasteiger partial charge in [0.2, 0.25) is 11.8 Å². The van der Waals surface area contributed by atoms with Crippen molar-refractivity contribution in [3.63, 3.8) is 0 Å². The van der Waals surface area contributed by atoms with E-state index in [2.05, 4.69) is 17.4 Å². The molecule has 0 aromatic heterocycles. The second-order valence-electron chi connectivity index (χ2n) is 7.05. The lowest BCUT2D eigenvalue weighted by atomic mass is 10.1. The largest absolute Gasteiger partial charge is 0.396 e. The summed E-state index contributed by atoms with van der Waals surface area (Å²) in [5.74, 6) is -0.703. The molecule has 1 aliphatic heterocycles. The summed E-state index contributed by atoms with van der Waals surface area (Å²) in [6.07, 6.45) is 3.49. The molecular weight excluding hydrogens is 385 g/mol. The lowest BCUT2D eigenvalue weighted by Gasteiger charge is -2.18. The van der Waals surface area contributed by atoms with Gasteiger partial charge in [-0.15, -0.1) is 0 Å². The summed E-state index contributed by atoms with van der Waals surface area (Å²) < 4.78 is 0. The number of anilines is 3. The molecule has 0 spiro atoms. The molecule has 7 heteroatoms. The maximum atomic E-state index is 12.6. The monoisotopic (exact) mass is 403 g/mol. The molecule has 1 atom stereocenters.